The third kappa shape index (κ3) is 3.12. The predicted octanol–water partition coefficient (Wildman–Crippen LogP) is 2.07. The lowest BCUT2D eigenvalue weighted by Crippen LogP contribution is -2.27. The first-order valence-electron chi connectivity index (χ1n) is 5.68. The van der Waals surface area contributed by atoms with Gasteiger partial charge in [-0.25, -0.2) is 18.1 Å². The van der Waals surface area contributed by atoms with Crippen LogP contribution in [0.15, 0.2) is 34.7 Å². The lowest BCUT2D eigenvalue weighted by atomic mass is 10.2. The maximum absolute atomic E-state index is 12.3. The van der Waals surface area contributed by atoms with Crippen molar-refractivity contribution < 1.29 is 8.42 Å². The molecule has 1 aromatic carbocycles. The zero-order chi connectivity index (χ0) is 14.0. The summed E-state index contributed by atoms with van der Waals surface area (Å²) in [6.07, 6.45) is 1.65. The highest BCUT2D eigenvalue weighted by Gasteiger charge is 2.21. The van der Waals surface area contributed by atoms with E-state index in [2.05, 4.69) is 9.71 Å². The third-order valence-corrected chi connectivity index (χ3v) is 5.30. The molecule has 1 aromatic heterocycles. The normalized spacial score (nSPS) is 13.4. The number of aryl methyl sites for hydroxylation is 1. The number of hydrogen-bond donors (Lipinski definition) is 2. The van der Waals surface area contributed by atoms with E-state index in [1.807, 2.05) is 5.38 Å². The number of aromatic nitrogens is 1. The monoisotopic (exact) mass is 297 g/mol. The Morgan fingerprint density at radius 2 is 2.16 bits per heavy atom. The number of nitrogens with zero attached hydrogens (tertiary/aromatic N) is 1. The quantitative estimate of drug-likeness (QED) is 0.846. The van der Waals surface area contributed by atoms with Gasteiger partial charge >= 0.3 is 0 Å². The zero-order valence-electron chi connectivity index (χ0n) is 10.6. The highest BCUT2D eigenvalue weighted by molar-refractivity contribution is 7.89. The van der Waals surface area contributed by atoms with Crippen molar-refractivity contribution >= 4 is 27.0 Å². The lowest BCUT2D eigenvalue weighted by molar-refractivity contribution is 0.566. The van der Waals surface area contributed by atoms with E-state index in [0.29, 0.717) is 11.3 Å². The van der Waals surface area contributed by atoms with E-state index in [0.717, 1.165) is 5.01 Å². The summed E-state index contributed by atoms with van der Waals surface area (Å²) in [5.41, 5.74) is 6.73. The fourth-order valence-corrected chi connectivity index (χ4v) is 3.91. The van der Waals surface area contributed by atoms with Crippen molar-refractivity contribution in [2.75, 3.05) is 5.73 Å². The number of benzene rings is 1. The van der Waals surface area contributed by atoms with Crippen molar-refractivity contribution in [2.24, 2.45) is 0 Å². The molecule has 3 N–H and O–H groups in total. The van der Waals surface area contributed by atoms with Crippen LogP contribution < -0.4 is 10.5 Å². The van der Waals surface area contributed by atoms with Gasteiger partial charge in [0.15, 0.2) is 0 Å². The molecule has 0 bridgehead atoms. The topological polar surface area (TPSA) is 85.1 Å². The number of nitrogens with one attached hydrogen (secondary N) is 1. The van der Waals surface area contributed by atoms with Crippen molar-refractivity contribution in [3.05, 3.63) is 40.3 Å². The largest absolute Gasteiger partial charge is 0.399 e. The van der Waals surface area contributed by atoms with Crippen molar-refractivity contribution in [1.29, 1.82) is 0 Å². The lowest BCUT2D eigenvalue weighted by Gasteiger charge is -2.14. The molecule has 0 fully saturated rings. The molecule has 0 radical (unpaired) electrons. The number of rotatable bonds is 4. The van der Waals surface area contributed by atoms with Crippen LogP contribution in [0.3, 0.4) is 0 Å². The summed E-state index contributed by atoms with van der Waals surface area (Å²) < 4.78 is 27.2. The molecule has 1 atom stereocenters. The molecule has 19 heavy (non-hydrogen) atoms. The molecular formula is C12H15N3O2S2. The number of hydrogen-bond acceptors (Lipinski definition) is 5. The number of nitrogens with two attached hydrogens (primary N) is 1. The Kier molecular flexibility index (Phi) is 3.88. The van der Waals surface area contributed by atoms with Crippen molar-refractivity contribution in [3.63, 3.8) is 0 Å². The Morgan fingerprint density at radius 3 is 2.79 bits per heavy atom. The van der Waals surface area contributed by atoms with Gasteiger partial charge in [-0.15, -0.1) is 11.3 Å². The molecule has 0 saturated heterocycles. The van der Waals surface area contributed by atoms with Gasteiger partial charge in [0.1, 0.15) is 5.01 Å². The summed E-state index contributed by atoms with van der Waals surface area (Å²) >= 11 is 1.41. The molecule has 0 spiro atoms. The van der Waals surface area contributed by atoms with Crippen LogP contribution in [0.25, 0.3) is 0 Å². The summed E-state index contributed by atoms with van der Waals surface area (Å²) in [5.74, 6) is 0. The van der Waals surface area contributed by atoms with Crippen molar-refractivity contribution in [1.82, 2.24) is 9.71 Å². The van der Waals surface area contributed by atoms with Gasteiger partial charge in [0.25, 0.3) is 0 Å². The summed E-state index contributed by atoms with van der Waals surface area (Å²) in [6, 6.07) is 4.47. The molecule has 0 amide bonds. The van der Waals surface area contributed by atoms with E-state index >= 15 is 0 Å². The van der Waals surface area contributed by atoms with Crippen LogP contribution in [0.2, 0.25) is 0 Å². The molecule has 2 aromatic rings. The van der Waals surface area contributed by atoms with E-state index in [1.54, 1.807) is 32.2 Å². The fourth-order valence-electron chi connectivity index (χ4n) is 1.70. The van der Waals surface area contributed by atoms with E-state index in [-0.39, 0.29) is 10.9 Å². The van der Waals surface area contributed by atoms with E-state index < -0.39 is 10.0 Å². The van der Waals surface area contributed by atoms with Gasteiger partial charge in [-0.3, -0.25) is 0 Å². The second-order valence-electron chi connectivity index (χ2n) is 4.24. The van der Waals surface area contributed by atoms with Gasteiger partial charge in [0.2, 0.25) is 10.0 Å². The highest BCUT2D eigenvalue weighted by Crippen LogP contribution is 2.22. The first-order chi connectivity index (χ1) is 8.90. The van der Waals surface area contributed by atoms with Gasteiger partial charge in [-0.2, -0.15) is 0 Å². The maximum atomic E-state index is 12.3. The van der Waals surface area contributed by atoms with Gasteiger partial charge in [0.05, 0.1) is 10.9 Å². The number of nitrogen functional groups attached to an aromatic ring is 1. The molecule has 1 unspecified atom stereocenters. The third-order valence-electron chi connectivity index (χ3n) is 2.66. The molecule has 0 aliphatic rings. The summed E-state index contributed by atoms with van der Waals surface area (Å²) in [4.78, 5) is 4.31. The van der Waals surface area contributed by atoms with Crippen LogP contribution in [-0.2, 0) is 10.0 Å². The maximum Gasteiger partial charge on any atom is 0.241 e. The Hall–Kier alpha value is -1.44. The van der Waals surface area contributed by atoms with E-state index in [4.69, 9.17) is 5.73 Å². The molecule has 1 heterocycles. The second-order valence-corrected chi connectivity index (χ2v) is 6.85. The first-order valence-corrected chi connectivity index (χ1v) is 8.04. The Morgan fingerprint density at radius 1 is 1.42 bits per heavy atom. The fraction of sp³-hybridized carbons (Fsp3) is 0.250. The minimum atomic E-state index is -3.60. The molecule has 0 aliphatic heterocycles. The zero-order valence-corrected chi connectivity index (χ0v) is 12.3. The number of anilines is 1. The average Bonchev–Trinajstić information content (AvgIpc) is 2.85. The molecular weight excluding hydrogens is 282 g/mol. The van der Waals surface area contributed by atoms with E-state index in [1.165, 1.54) is 17.4 Å². The second kappa shape index (κ2) is 5.28. The van der Waals surface area contributed by atoms with Crippen LogP contribution in [0.5, 0.6) is 0 Å². The van der Waals surface area contributed by atoms with Crippen molar-refractivity contribution in [2.45, 2.75) is 24.8 Å². The molecule has 102 valence electrons. The minimum absolute atomic E-state index is 0.205. The summed E-state index contributed by atoms with van der Waals surface area (Å²) in [6.45, 7) is 3.50. The summed E-state index contributed by atoms with van der Waals surface area (Å²) in [5, 5.41) is 2.54. The predicted molar refractivity (Wildman–Crippen MR) is 76.4 cm³/mol. The molecule has 0 aliphatic carbocycles. The molecule has 2 rings (SSSR count). The Labute approximate surface area is 116 Å². The minimum Gasteiger partial charge on any atom is -0.399 e. The van der Waals surface area contributed by atoms with E-state index in [9.17, 15) is 8.42 Å². The number of thiazole rings is 1. The molecule has 7 heteroatoms. The van der Waals surface area contributed by atoms with Gasteiger partial charge in [-0.05, 0) is 31.5 Å². The van der Waals surface area contributed by atoms with Gasteiger partial charge in [-0.1, -0.05) is 6.07 Å². The first kappa shape index (κ1) is 14.0. The van der Waals surface area contributed by atoms with Crippen LogP contribution in [0, 0.1) is 6.92 Å². The smallest absolute Gasteiger partial charge is 0.241 e. The standard InChI is InChI=1S/C12H15N3O2S2/c1-8-3-4-10(13)7-11(8)19(16,17)15-9(2)12-14-5-6-18-12/h3-7,9,15H,13H2,1-2H3. The average molecular weight is 297 g/mol. The molecule has 5 nitrogen and oxygen atoms in total. The highest BCUT2D eigenvalue weighted by atomic mass is 32.2. The van der Waals surface area contributed by atoms with Gasteiger partial charge < -0.3 is 5.73 Å². The van der Waals surface area contributed by atoms with Crippen LogP contribution in [-0.4, -0.2) is 13.4 Å². The Bertz CT molecular complexity index is 666. The SMILES string of the molecule is Cc1ccc(N)cc1S(=O)(=O)NC(C)c1nccs1. The summed E-state index contributed by atoms with van der Waals surface area (Å²) in [7, 11) is -3.60. The van der Waals surface area contributed by atoms with Crippen LogP contribution in [0.4, 0.5) is 5.69 Å². The van der Waals surface area contributed by atoms with Gasteiger partial charge in [0, 0.05) is 17.3 Å². The Balaban J connectivity index is 2.30. The van der Waals surface area contributed by atoms with Crippen molar-refractivity contribution in [3.8, 4) is 0 Å². The molecule has 0 saturated carbocycles. The van der Waals surface area contributed by atoms with Crippen LogP contribution >= 0.6 is 11.3 Å². The van der Waals surface area contributed by atoms with Crippen LogP contribution in [0.1, 0.15) is 23.5 Å². The number of sulfonamides is 1.